The number of amides is 2. The summed E-state index contributed by atoms with van der Waals surface area (Å²) in [6.45, 7) is 5.40. The molecular weight excluding hydrogens is 404 g/mol. The summed E-state index contributed by atoms with van der Waals surface area (Å²) >= 11 is 0. The first-order valence-corrected chi connectivity index (χ1v) is 11.0. The van der Waals surface area contributed by atoms with Gasteiger partial charge in [-0.25, -0.2) is 9.78 Å². The molecule has 3 aromatic rings. The van der Waals surface area contributed by atoms with Crippen LogP contribution in [0.4, 0.5) is 4.79 Å². The zero-order chi connectivity index (χ0) is 22.7. The molecule has 3 heterocycles. The first-order valence-electron chi connectivity index (χ1n) is 11.0. The van der Waals surface area contributed by atoms with Crippen molar-refractivity contribution in [3.63, 3.8) is 0 Å². The van der Waals surface area contributed by atoms with E-state index in [9.17, 15) is 4.79 Å². The van der Waals surface area contributed by atoms with Gasteiger partial charge in [-0.2, -0.15) is 0 Å². The number of rotatable bonds is 6. The van der Waals surface area contributed by atoms with E-state index in [0.717, 1.165) is 40.6 Å². The zero-order valence-electron chi connectivity index (χ0n) is 19.1. The fourth-order valence-electron chi connectivity index (χ4n) is 3.95. The molecule has 2 N–H and O–H groups in total. The van der Waals surface area contributed by atoms with Crippen LogP contribution in [0.2, 0.25) is 0 Å². The smallest absolute Gasteiger partial charge is 0.317 e. The van der Waals surface area contributed by atoms with Gasteiger partial charge in [0.2, 0.25) is 0 Å². The predicted molar refractivity (Wildman–Crippen MR) is 127 cm³/mol. The Balaban J connectivity index is 1.60. The molecule has 1 atom stereocenters. The number of ether oxygens (including phenoxy) is 2. The molecule has 32 heavy (non-hydrogen) atoms. The number of nitrogens with one attached hydrogen (secondary N) is 2. The fourth-order valence-corrected chi connectivity index (χ4v) is 3.95. The maximum Gasteiger partial charge on any atom is 0.317 e. The van der Waals surface area contributed by atoms with Crippen LogP contribution in [0.3, 0.4) is 0 Å². The van der Waals surface area contributed by atoms with Gasteiger partial charge in [-0.3, -0.25) is 0 Å². The molecule has 0 radical (unpaired) electrons. The summed E-state index contributed by atoms with van der Waals surface area (Å²) in [7, 11) is 3.26. The third-order valence-corrected chi connectivity index (χ3v) is 6.07. The number of H-pyrrole nitrogens is 1. The third kappa shape index (κ3) is 4.28. The SMILES string of the molecule is CCC(C)NC(=O)N1CC=C(c2c[nH]c3ncc(-c4ccc(OC)c(OC)c4)cc23)CC1. The summed E-state index contributed by atoms with van der Waals surface area (Å²) in [6, 6.07) is 8.21. The Morgan fingerprint density at radius 3 is 2.72 bits per heavy atom. The van der Waals surface area contributed by atoms with Crippen LogP contribution < -0.4 is 14.8 Å². The average Bonchev–Trinajstić information content (AvgIpc) is 3.26. The number of methoxy groups -OCH3 is 2. The number of pyridine rings is 1. The second kappa shape index (κ2) is 9.34. The molecule has 0 fully saturated rings. The zero-order valence-corrected chi connectivity index (χ0v) is 19.1. The summed E-state index contributed by atoms with van der Waals surface area (Å²) in [4.78, 5) is 22.2. The minimum absolute atomic E-state index is 0.00554. The molecule has 0 saturated heterocycles. The predicted octanol–water partition coefficient (Wildman–Crippen LogP) is 4.84. The summed E-state index contributed by atoms with van der Waals surface area (Å²) < 4.78 is 10.8. The summed E-state index contributed by atoms with van der Waals surface area (Å²) in [5.41, 5.74) is 5.23. The molecule has 7 heteroatoms. The molecule has 0 saturated carbocycles. The van der Waals surface area contributed by atoms with Gasteiger partial charge in [0.25, 0.3) is 0 Å². The van der Waals surface area contributed by atoms with Gasteiger partial charge in [0.15, 0.2) is 11.5 Å². The van der Waals surface area contributed by atoms with Gasteiger partial charge >= 0.3 is 6.03 Å². The van der Waals surface area contributed by atoms with Gasteiger partial charge in [0, 0.05) is 48.0 Å². The van der Waals surface area contributed by atoms with Crippen LogP contribution in [0.5, 0.6) is 11.5 Å². The topological polar surface area (TPSA) is 79.5 Å². The third-order valence-electron chi connectivity index (χ3n) is 6.07. The summed E-state index contributed by atoms with van der Waals surface area (Å²) in [5.74, 6) is 1.38. The van der Waals surface area contributed by atoms with Crippen LogP contribution in [0, 0.1) is 0 Å². The lowest BCUT2D eigenvalue weighted by Crippen LogP contribution is -2.45. The van der Waals surface area contributed by atoms with E-state index in [-0.39, 0.29) is 12.1 Å². The van der Waals surface area contributed by atoms with Gasteiger partial charge in [0.1, 0.15) is 5.65 Å². The van der Waals surface area contributed by atoms with Crippen LogP contribution in [0.25, 0.3) is 27.7 Å². The molecule has 168 valence electrons. The summed E-state index contributed by atoms with van der Waals surface area (Å²) in [5, 5.41) is 4.11. The van der Waals surface area contributed by atoms with Crippen LogP contribution in [0.1, 0.15) is 32.3 Å². The average molecular weight is 435 g/mol. The van der Waals surface area contributed by atoms with Gasteiger partial charge in [-0.05, 0) is 49.1 Å². The number of hydrogen-bond acceptors (Lipinski definition) is 4. The Morgan fingerprint density at radius 2 is 2.03 bits per heavy atom. The first kappa shape index (κ1) is 21.7. The molecule has 1 aromatic carbocycles. The molecule has 1 unspecified atom stereocenters. The number of fused-ring (bicyclic) bond motifs is 1. The van der Waals surface area contributed by atoms with Crippen molar-refractivity contribution in [3.8, 4) is 22.6 Å². The van der Waals surface area contributed by atoms with E-state index in [1.54, 1.807) is 14.2 Å². The van der Waals surface area contributed by atoms with Crippen molar-refractivity contribution in [2.45, 2.75) is 32.7 Å². The van der Waals surface area contributed by atoms with E-state index in [1.165, 1.54) is 5.57 Å². The van der Waals surface area contributed by atoms with Crippen LogP contribution in [0.15, 0.2) is 42.7 Å². The van der Waals surface area contributed by atoms with E-state index >= 15 is 0 Å². The maximum atomic E-state index is 12.4. The van der Waals surface area contributed by atoms with Gasteiger partial charge < -0.3 is 24.7 Å². The Bertz CT molecular complexity index is 1150. The van der Waals surface area contributed by atoms with Gasteiger partial charge in [-0.1, -0.05) is 19.1 Å². The van der Waals surface area contributed by atoms with Crippen molar-refractivity contribution < 1.29 is 14.3 Å². The van der Waals surface area contributed by atoms with E-state index in [0.29, 0.717) is 24.6 Å². The highest BCUT2D eigenvalue weighted by Crippen LogP contribution is 2.35. The number of nitrogens with zero attached hydrogens (tertiary/aromatic N) is 2. The van der Waals surface area contributed by atoms with E-state index in [1.807, 2.05) is 42.4 Å². The van der Waals surface area contributed by atoms with Crippen molar-refractivity contribution >= 4 is 22.6 Å². The normalized spacial score (nSPS) is 14.8. The lowest BCUT2D eigenvalue weighted by Gasteiger charge is -2.28. The van der Waals surface area contributed by atoms with Crippen LogP contribution >= 0.6 is 0 Å². The Labute approximate surface area is 188 Å². The monoisotopic (exact) mass is 434 g/mol. The van der Waals surface area contributed by atoms with Gasteiger partial charge in [0.05, 0.1) is 14.2 Å². The second-order valence-electron chi connectivity index (χ2n) is 8.08. The minimum Gasteiger partial charge on any atom is -0.493 e. The van der Waals surface area contributed by atoms with Crippen molar-refractivity contribution in [3.05, 3.63) is 48.3 Å². The Kier molecular flexibility index (Phi) is 6.35. The van der Waals surface area contributed by atoms with E-state index in [2.05, 4.69) is 34.4 Å². The number of urea groups is 1. The molecule has 1 aliphatic heterocycles. The highest BCUT2D eigenvalue weighted by molar-refractivity contribution is 5.93. The molecular formula is C25H30N4O3. The lowest BCUT2D eigenvalue weighted by atomic mass is 9.98. The second-order valence-corrected chi connectivity index (χ2v) is 8.08. The van der Waals surface area contributed by atoms with Crippen molar-refractivity contribution in [2.24, 2.45) is 0 Å². The number of hydrogen-bond donors (Lipinski definition) is 2. The first-order chi connectivity index (χ1) is 15.5. The van der Waals surface area contributed by atoms with E-state index < -0.39 is 0 Å². The Hall–Kier alpha value is -3.48. The van der Waals surface area contributed by atoms with Crippen LogP contribution in [-0.4, -0.2) is 54.2 Å². The molecule has 1 aliphatic rings. The number of aromatic nitrogens is 2. The molecule has 0 aliphatic carbocycles. The van der Waals surface area contributed by atoms with Crippen molar-refractivity contribution in [2.75, 3.05) is 27.3 Å². The standard InChI is InChI=1S/C25H30N4O3/c1-5-16(2)28-25(30)29-10-8-17(9-11-29)21-15-27-24-20(21)12-19(14-26-24)18-6-7-22(31-3)23(13-18)32-4/h6-8,12-16H,5,9-11H2,1-4H3,(H,26,27)(H,28,30). The lowest BCUT2D eigenvalue weighted by molar-refractivity contribution is 0.199. The molecule has 0 spiro atoms. The fraction of sp³-hybridized carbons (Fsp3) is 0.360. The number of carbonyl (C=O) groups is 1. The molecule has 2 aromatic heterocycles. The van der Waals surface area contributed by atoms with Crippen molar-refractivity contribution in [1.29, 1.82) is 0 Å². The summed E-state index contributed by atoms with van der Waals surface area (Å²) in [6.07, 6.45) is 7.75. The van der Waals surface area contributed by atoms with Crippen molar-refractivity contribution in [1.82, 2.24) is 20.2 Å². The molecule has 4 rings (SSSR count). The Morgan fingerprint density at radius 1 is 1.22 bits per heavy atom. The maximum absolute atomic E-state index is 12.4. The van der Waals surface area contributed by atoms with E-state index in [4.69, 9.17) is 9.47 Å². The molecule has 7 nitrogen and oxygen atoms in total. The quantitative estimate of drug-likeness (QED) is 0.582. The highest BCUT2D eigenvalue weighted by Gasteiger charge is 2.20. The minimum atomic E-state index is 0.00554. The van der Waals surface area contributed by atoms with Crippen LogP contribution in [-0.2, 0) is 0 Å². The molecule has 0 bridgehead atoms. The highest BCUT2D eigenvalue weighted by atomic mass is 16.5. The number of carbonyl (C=O) groups excluding carboxylic acids is 1. The largest absolute Gasteiger partial charge is 0.493 e. The van der Waals surface area contributed by atoms with Gasteiger partial charge in [-0.15, -0.1) is 0 Å². The number of aromatic amines is 1. The number of benzene rings is 1. The molecule has 2 amide bonds.